The average Bonchev–Trinajstić information content (AvgIpc) is 2.64. The van der Waals surface area contributed by atoms with E-state index in [1.807, 2.05) is 0 Å². The van der Waals surface area contributed by atoms with Gasteiger partial charge in [-0.05, 0) is 25.1 Å². The van der Waals surface area contributed by atoms with Crippen molar-refractivity contribution in [1.29, 1.82) is 0 Å². The molecule has 0 aliphatic heterocycles. The van der Waals surface area contributed by atoms with Gasteiger partial charge >= 0.3 is 5.97 Å². The molecule has 0 aliphatic carbocycles. The van der Waals surface area contributed by atoms with E-state index >= 15 is 0 Å². The summed E-state index contributed by atoms with van der Waals surface area (Å²) in [6.45, 7) is 1.68. The van der Waals surface area contributed by atoms with Crippen LogP contribution >= 0.6 is 23.2 Å². The van der Waals surface area contributed by atoms with Crippen LogP contribution in [0.15, 0.2) is 24.5 Å². The van der Waals surface area contributed by atoms with E-state index in [1.54, 1.807) is 29.7 Å². The summed E-state index contributed by atoms with van der Waals surface area (Å²) in [5.74, 6) is -1.05. The molecule has 4 nitrogen and oxygen atoms in total. The van der Waals surface area contributed by atoms with Crippen LogP contribution in [0.1, 0.15) is 16.2 Å². The number of carboxylic acid groups (broad SMARTS) is 1. The summed E-state index contributed by atoms with van der Waals surface area (Å²) in [6, 6.07) is 5.05. The number of halogens is 2. The number of imidazole rings is 1. The van der Waals surface area contributed by atoms with Crippen molar-refractivity contribution in [2.75, 3.05) is 0 Å². The van der Waals surface area contributed by atoms with Gasteiger partial charge in [0.15, 0.2) is 5.69 Å². The molecule has 0 radical (unpaired) electrons. The predicted molar refractivity (Wildman–Crippen MR) is 65.3 cm³/mol. The van der Waals surface area contributed by atoms with Gasteiger partial charge in [0.1, 0.15) is 6.33 Å². The van der Waals surface area contributed by atoms with Crippen molar-refractivity contribution in [2.24, 2.45) is 0 Å². The molecule has 0 fully saturated rings. The average molecular weight is 271 g/mol. The molecular formula is C11H8Cl2N2O2. The Bertz CT molecular complexity index is 593. The third-order valence-electron chi connectivity index (χ3n) is 2.39. The molecule has 0 bridgehead atoms. The molecule has 1 aromatic heterocycles. The molecule has 0 saturated carbocycles. The number of hydrogen-bond acceptors (Lipinski definition) is 2. The van der Waals surface area contributed by atoms with Crippen LogP contribution in [0.4, 0.5) is 0 Å². The molecule has 0 saturated heterocycles. The largest absolute Gasteiger partial charge is 0.476 e. The van der Waals surface area contributed by atoms with Gasteiger partial charge < -0.3 is 9.67 Å². The second-order valence-electron chi connectivity index (χ2n) is 3.45. The first-order chi connectivity index (χ1) is 8.00. The second-order valence-corrected chi connectivity index (χ2v) is 4.27. The van der Waals surface area contributed by atoms with Crippen LogP contribution < -0.4 is 0 Å². The Labute approximate surface area is 107 Å². The fraction of sp³-hybridized carbons (Fsp3) is 0.0909. The van der Waals surface area contributed by atoms with Gasteiger partial charge in [0, 0.05) is 5.69 Å². The lowest BCUT2D eigenvalue weighted by atomic mass is 10.3. The number of aromatic carboxylic acids is 1. The van der Waals surface area contributed by atoms with Crippen LogP contribution in [-0.4, -0.2) is 20.6 Å². The van der Waals surface area contributed by atoms with Crippen molar-refractivity contribution in [3.63, 3.8) is 0 Å². The quantitative estimate of drug-likeness (QED) is 0.912. The molecule has 1 N–H and O–H groups in total. The van der Waals surface area contributed by atoms with Crippen LogP contribution in [0.5, 0.6) is 0 Å². The smallest absolute Gasteiger partial charge is 0.356 e. The van der Waals surface area contributed by atoms with Crippen molar-refractivity contribution < 1.29 is 9.90 Å². The number of benzene rings is 1. The first kappa shape index (κ1) is 12.0. The van der Waals surface area contributed by atoms with E-state index in [9.17, 15) is 4.79 Å². The van der Waals surface area contributed by atoms with Crippen LogP contribution in [0, 0.1) is 6.92 Å². The summed E-state index contributed by atoms with van der Waals surface area (Å²) in [5.41, 5.74) is 1.28. The molecule has 6 heteroatoms. The lowest BCUT2D eigenvalue weighted by Gasteiger charge is -2.06. The third-order valence-corrected chi connectivity index (χ3v) is 3.13. The van der Waals surface area contributed by atoms with Crippen molar-refractivity contribution in [1.82, 2.24) is 9.55 Å². The molecule has 0 atom stereocenters. The molecule has 17 heavy (non-hydrogen) atoms. The highest BCUT2D eigenvalue weighted by Crippen LogP contribution is 2.25. The summed E-state index contributed by atoms with van der Waals surface area (Å²) in [7, 11) is 0. The number of hydrogen-bond donors (Lipinski definition) is 1. The Hall–Kier alpha value is -1.52. The molecule has 2 aromatic rings. The Balaban J connectivity index is 2.53. The molecule has 1 heterocycles. The van der Waals surface area contributed by atoms with Gasteiger partial charge in [-0.2, -0.15) is 0 Å². The summed E-state index contributed by atoms with van der Waals surface area (Å²) in [4.78, 5) is 14.7. The molecule has 1 aromatic carbocycles. The highest BCUT2D eigenvalue weighted by Gasteiger charge is 2.14. The van der Waals surface area contributed by atoms with E-state index in [0.29, 0.717) is 15.7 Å². The topological polar surface area (TPSA) is 55.1 Å². The fourth-order valence-corrected chi connectivity index (χ4v) is 1.81. The SMILES string of the molecule is Cc1c(C(=O)O)ncn1-c1ccc(Cl)c(Cl)c1. The maximum Gasteiger partial charge on any atom is 0.356 e. The summed E-state index contributed by atoms with van der Waals surface area (Å²) in [5, 5.41) is 9.76. The molecule has 0 amide bonds. The third kappa shape index (κ3) is 2.14. The highest BCUT2D eigenvalue weighted by molar-refractivity contribution is 6.42. The number of carboxylic acids is 1. The van der Waals surface area contributed by atoms with Gasteiger partial charge in [-0.1, -0.05) is 23.2 Å². The number of aromatic nitrogens is 2. The monoisotopic (exact) mass is 270 g/mol. The minimum atomic E-state index is -1.05. The fourth-order valence-electron chi connectivity index (χ4n) is 1.51. The molecular weight excluding hydrogens is 263 g/mol. The van der Waals surface area contributed by atoms with E-state index in [4.69, 9.17) is 28.3 Å². The van der Waals surface area contributed by atoms with Crippen molar-refractivity contribution in [3.8, 4) is 5.69 Å². The van der Waals surface area contributed by atoms with Gasteiger partial charge in [0.25, 0.3) is 0 Å². The zero-order valence-corrected chi connectivity index (χ0v) is 10.3. The summed E-state index contributed by atoms with van der Waals surface area (Å²) in [6.07, 6.45) is 1.44. The Morgan fingerprint density at radius 1 is 1.35 bits per heavy atom. The van der Waals surface area contributed by atoms with Gasteiger partial charge in [0.05, 0.1) is 15.7 Å². The van der Waals surface area contributed by atoms with E-state index < -0.39 is 5.97 Å². The van der Waals surface area contributed by atoms with Crippen molar-refractivity contribution in [3.05, 3.63) is 46.0 Å². The van der Waals surface area contributed by atoms with Gasteiger partial charge in [-0.25, -0.2) is 9.78 Å². The maximum atomic E-state index is 10.9. The predicted octanol–water partition coefficient (Wildman–Crippen LogP) is 3.19. The Morgan fingerprint density at radius 3 is 2.59 bits per heavy atom. The summed E-state index contributed by atoms with van der Waals surface area (Å²) >= 11 is 11.7. The first-order valence-electron chi connectivity index (χ1n) is 4.73. The molecule has 0 aliphatic rings. The number of nitrogens with zero attached hydrogens (tertiary/aromatic N) is 2. The number of rotatable bonds is 2. The van der Waals surface area contributed by atoms with Gasteiger partial charge in [0.2, 0.25) is 0 Å². The van der Waals surface area contributed by atoms with E-state index in [0.717, 1.165) is 5.69 Å². The van der Waals surface area contributed by atoms with Crippen LogP contribution in [0.25, 0.3) is 5.69 Å². The Morgan fingerprint density at radius 2 is 2.06 bits per heavy atom. The van der Waals surface area contributed by atoms with E-state index in [2.05, 4.69) is 4.98 Å². The second kappa shape index (κ2) is 4.39. The zero-order valence-electron chi connectivity index (χ0n) is 8.82. The molecule has 0 unspecified atom stereocenters. The van der Waals surface area contributed by atoms with Crippen LogP contribution in [-0.2, 0) is 0 Å². The maximum absolute atomic E-state index is 10.9. The zero-order chi connectivity index (χ0) is 12.6. The molecule has 0 spiro atoms. The van der Waals surface area contributed by atoms with Crippen LogP contribution in [0.2, 0.25) is 10.0 Å². The van der Waals surface area contributed by atoms with Crippen LogP contribution in [0.3, 0.4) is 0 Å². The number of carbonyl (C=O) groups is 1. The van der Waals surface area contributed by atoms with Gasteiger partial charge in [-0.15, -0.1) is 0 Å². The minimum absolute atomic E-state index is 0.0241. The highest BCUT2D eigenvalue weighted by atomic mass is 35.5. The lowest BCUT2D eigenvalue weighted by molar-refractivity contribution is 0.0690. The normalized spacial score (nSPS) is 10.5. The minimum Gasteiger partial charge on any atom is -0.476 e. The molecule has 2 rings (SSSR count). The van der Waals surface area contributed by atoms with E-state index in [1.165, 1.54) is 6.33 Å². The lowest BCUT2D eigenvalue weighted by Crippen LogP contribution is -2.01. The standard InChI is InChI=1S/C11H8Cl2N2O2/c1-6-10(11(16)17)14-5-15(6)7-2-3-8(12)9(13)4-7/h2-5H,1H3,(H,16,17). The summed E-state index contributed by atoms with van der Waals surface area (Å²) < 4.78 is 1.64. The Kier molecular flexibility index (Phi) is 3.09. The van der Waals surface area contributed by atoms with E-state index in [-0.39, 0.29) is 5.69 Å². The van der Waals surface area contributed by atoms with Gasteiger partial charge in [-0.3, -0.25) is 0 Å². The first-order valence-corrected chi connectivity index (χ1v) is 5.49. The molecule has 88 valence electrons. The van der Waals surface area contributed by atoms with Crippen molar-refractivity contribution in [2.45, 2.75) is 6.92 Å². The van der Waals surface area contributed by atoms with Crippen molar-refractivity contribution >= 4 is 29.2 Å².